The molecule has 0 fully saturated rings. The van der Waals surface area contributed by atoms with Gasteiger partial charge >= 0.3 is 12.1 Å². The van der Waals surface area contributed by atoms with E-state index in [1.807, 2.05) is 34.6 Å². The first-order valence-electron chi connectivity index (χ1n) is 9.01. The molecule has 27 heavy (non-hydrogen) atoms. The molecule has 0 saturated heterocycles. The highest BCUT2D eigenvalue weighted by atomic mass is 16.6. The molecule has 7 nitrogen and oxygen atoms in total. The Hall–Kier alpha value is -2.12. The zero-order valence-electron chi connectivity index (χ0n) is 17.1. The van der Waals surface area contributed by atoms with E-state index in [0.717, 1.165) is 6.42 Å². The van der Waals surface area contributed by atoms with E-state index in [1.165, 1.54) is 0 Å². The van der Waals surface area contributed by atoms with Crippen molar-refractivity contribution in [1.82, 2.24) is 5.32 Å². The van der Waals surface area contributed by atoms with E-state index in [-0.39, 0.29) is 0 Å². The Bertz CT molecular complexity index is 620. The van der Waals surface area contributed by atoms with Crippen molar-refractivity contribution in [3.05, 3.63) is 35.4 Å². The fourth-order valence-electron chi connectivity index (χ4n) is 2.35. The van der Waals surface area contributed by atoms with Crippen molar-refractivity contribution < 1.29 is 23.8 Å². The second-order valence-corrected chi connectivity index (χ2v) is 7.99. The molecule has 1 atom stereocenters. The molecule has 1 aromatic rings. The number of nitrogens with one attached hydrogen (secondary N) is 1. The Labute approximate surface area is 161 Å². The Balaban J connectivity index is 2.60. The van der Waals surface area contributed by atoms with Gasteiger partial charge in [-0.25, -0.2) is 9.59 Å². The van der Waals surface area contributed by atoms with Gasteiger partial charge in [-0.1, -0.05) is 12.1 Å². The number of ether oxygens (including phenoxy) is 3. The van der Waals surface area contributed by atoms with Crippen molar-refractivity contribution in [3.8, 4) is 0 Å². The number of amides is 1. The molecule has 0 aromatic heterocycles. The summed E-state index contributed by atoms with van der Waals surface area (Å²) < 4.78 is 15.8. The van der Waals surface area contributed by atoms with Crippen LogP contribution in [0, 0.1) is 0 Å². The number of carbonyl (C=O) groups is 2. The third-order valence-corrected chi connectivity index (χ3v) is 3.67. The summed E-state index contributed by atoms with van der Waals surface area (Å²) in [4.78, 5) is 24.1. The van der Waals surface area contributed by atoms with Gasteiger partial charge in [-0.2, -0.15) is 0 Å². The van der Waals surface area contributed by atoms with Gasteiger partial charge < -0.3 is 25.3 Å². The van der Waals surface area contributed by atoms with E-state index in [1.54, 1.807) is 31.4 Å². The van der Waals surface area contributed by atoms with Crippen LogP contribution in [0.15, 0.2) is 24.3 Å². The SMILES string of the molecule is COCCCC(C)(C)OC(=O)NC(N)c1ccc(C(=O)OC(C)(C)C)cc1. The monoisotopic (exact) mass is 380 g/mol. The van der Waals surface area contributed by atoms with Crippen LogP contribution in [0.2, 0.25) is 0 Å². The molecule has 1 amide bonds. The van der Waals surface area contributed by atoms with E-state index in [9.17, 15) is 9.59 Å². The molecule has 0 aliphatic carbocycles. The van der Waals surface area contributed by atoms with Gasteiger partial charge in [0, 0.05) is 13.7 Å². The maximum atomic E-state index is 12.1. The molecule has 1 aromatic carbocycles. The number of alkyl carbamates (subject to hydrolysis) is 1. The summed E-state index contributed by atoms with van der Waals surface area (Å²) in [6.07, 6.45) is 0.115. The standard InChI is InChI=1S/C20H32N2O5/c1-19(2,3)26-17(23)15-10-8-14(9-11-15)16(21)22-18(24)27-20(4,5)12-7-13-25-6/h8-11,16H,7,12-13,21H2,1-6H3,(H,22,24). The van der Waals surface area contributed by atoms with Crippen LogP contribution < -0.4 is 11.1 Å². The van der Waals surface area contributed by atoms with Crippen LogP contribution in [0.4, 0.5) is 4.79 Å². The molecular weight excluding hydrogens is 348 g/mol. The average molecular weight is 380 g/mol. The minimum atomic E-state index is -0.750. The number of methoxy groups -OCH3 is 1. The predicted molar refractivity (Wildman–Crippen MR) is 103 cm³/mol. The van der Waals surface area contributed by atoms with Crippen LogP contribution in [-0.2, 0) is 14.2 Å². The molecule has 1 unspecified atom stereocenters. The summed E-state index contributed by atoms with van der Waals surface area (Å²) in [7, 11) is 1.63. The lowest BCUT2D eigenvalue weighted by molar-refractivity contribution is 0.00686. The molecule has 0 bridgehead atoms. The average Bonchev–Trinajstić information content (AvgIpc) is 2.52. The molecule has 0 aliphatic rings. The summed E-state index contributed by atoms with van der Waals surface area (Å²) in [5, 5.41) is 2.60. The van der Waals surface area contributed by atoms with Gasteiger partial charge in [-0.15, -0.1) is 0 Å². The first kappa shape index (κ1) is 22.9. The number of hydrogen-bond donors (Lipinski definition) is 2. The van der Waals surface area contributed by atoms with Crippen molar-refractivity contribution in [3.63, 3.8) is 0 Å². The van der Waals surface area contributed by atoms with E-state index in [2.05, 4.69) is 5.32 Å². The van der Waals surface area contributed by atoms with Gasteiger partial charge in [0.1, 0.15) is 17.4 Å². The quantitative estimate of drug-likeness (QED) is 0.406. The highest BCUT2D eigenvalue weighted by Gasteiger charge is 2.24. The fourth-order valence-corrected chi connectivity index (χ4v) is 2.35. The largest absolute Gasteiger partial charge is 0.456 e. The van der Waals surface area contributed by atoms with Crippen LogP contribution in [0.25, 0.3) is 0 Å². The van der Waals surface area contributed by atoms with E-state index in [0.29, 0.717) is 24.2 Å². The molecule has 0 saturated carbocycles. The number of benzene rings is 1. The Morgan fingerprint density at radius 3 is 2.19 bits per heavy atom. The number of nitrogens with two attached hydrogens (primary N) is 1. The highest BCUT2D eigenvalue weighted by molar-refractivity contribution is 5.89. The summed E-state index contributed by atoms with van der Waals surface area (Å²) in [5.41, 5.74) is 5.90. The van der Waals surface area contributed by atoms with Crippen LogP contribution in [0.3, 0.4) is 0 Å². The predicted octanol–water partition coefficient (Wildman–Crippen LogP) is 3.53. The first-order valence-corrected chi connectivity index (χ1v) is 9.01. The molecule has 0 spiro atoms. The first-order chi connectivity index (χ1) is 12.4. The van der Waals surface area contributed by atoms with Gasteiger partial charge in [0.05, 0.1) is 5.56 Å². The molecular formula is C20H32N2O5. The van der Waals surface area contributed by atoms with Gasteiger partial charge in [0.15, 0.2) is 0 Å². The summed E-state index contributed by atoms with van der Waals surface area (Å²) in [6.45, 7) is 9.70. The second-order valence-electron chi connectivity index (χ2n) is 7.99. The number of hydrogen-bond acceptors (Lipinski definition) is 6. The lowest BCUT2D eigenvalue weighted by atomic mass is 10.0. The minimum Gasteiger partial charge on any atom is -0.456 e. The van der Waals surface area contributed by atoms with E-state index < -0.39 is 29.4 Å². The van der Waals surface area contributed by atoms with Crippen LogP contribution in [0.5, 0.6) is 0 Å². The van der Waals surface area contributed by atoms with Gasteiger partial charge in [0.25, 0.3) is 0 Å². The highest BCUT2D eigenvalue weighted by Crippen LogP contribution is 2.18. The van der Waals surface area contributed by atoms with Gasteiger partial charge in [0.2, 0.25) is 0 Å². The number of rotatable bonds is 8. The normalized spacial score (nSPS) is 13.0. The third-order valence-electron chi connectivity index (χ3n) is 3.67. The van der Waals surface area contributed by atoms with Crippen molar-refractivity contribution in [2.75, 3.05) is 13.7 Å². The van der Waals surface area contributed by atoms with E-state index in [4.69, 9.17) is 19.9 Å². The molecule has 0 aliphatic heterocycles. The second kappa shape index (κ2) is 9.71. The topological polar surface area (TPSA) is 99.9 Å². The minimum absolute atomic E-state index is 0.409. The van der Waals surface area contributed by atoms with Crippen LogP contribution in [0.1, 0.15) is 69.5 Å². The zero-order valence-corrected chi connectivity index (χ0v) is 17.1. The molecule has 0 heterocycles. The fraction of sp³-hybridized carbons (Fsp3) is 0.600. The Morgan fingerprint density at radius 1 is 1.07 bits per heavy atom. The maximum Gasteiger partial charge on any atom is 0.409 e. The molecule has 3 N–H and O–H groups in total. The molecule has 0 radical (unpaired) electrons. The lowest BCUT2D eigenvalue weighted by Crippen LogP contribution is -2.39. The van der Waals surface area contributed by atoms with Crippen molar-refractivity contribution in [2.45, 2.75) is 64.8 Å². The maximum absolute atomic E-state index is 12.1. The van der Waals surface area contributed by atoms with Crippen LogP contribution in [-0.4, -0.2) is 37.0 Å². The summed E-state index contributed by atoms with van der Waals surface area (Å²) >= 11 is 0. The summed E-state index contributed by atoms with van der Waals surface area (Å²) in [5.74, 6) is -0.409. The van der Waals surface area contributed by atoms with Crippen molar-refractivity contribution in [2.24, 2.45) is 5.73 Å². The van der Waals surface area contributed by atoms with Crippen molar-refractivity contribution >= 4 is 12.1 Å². The smallest absolute Gasteiger partial charge is 0.409 e. The van der Waals surface area contributed by atoms with Crippen molar-refractivity contribution in [1.29, 1.82) is 0 Å². The van der Waals surface area contributed by atoms with Gasteiger partial charge in [-0.05, 0) is 65.2 Å². The molecule has 7 heteroatoms. The third kappa shape index (κ3) is 8.88. The molecule has 1 rings (SSSR count). The lowest BCUT2D eigenvalue weighted by Gasteiger charge is -2.26. The van der Waals surface area contributed by atoms with Crippen LogP contribution >= 0.6 is 0 Å². The zero-order chi connectivity index (χ0) is 20.7. The number of esters is 1. The van der Waals surface area contributed by atoms with Gasteiger partial charge in [-0.3, -0.25) is 0 Å². The van der Waals surface area contributed by atoms with E-state index >= 15 is 0 Å². The molecule has 152 valence electrons. The summed E-state index contributed by atoms with van der Waals surface area (Å²) in [6, 6.07) is 6.58. The Morgan fingerprint density at radius 2 is 1.67 bits per heavy atom. The Kier molecular flexibility index (Phi) is 8.24. The number of carbonyl (C=O) groups excluding carboxylic acids is 2.